The Balaban J connectivity index is 1.93. The van der Waals surface area contributed by atoms with Crippen molar-refractivity contribution >= 4 is 5.69 Å². The summed E-state index contributed by atoms with van der Waals surface area (Å²) in [5.41, 5.74) is 0.267. The molecule has 0 N–H and O–H groups in total. The van der Waals surface area contributed by atoms with E-state index in [-0.39, 0.29) is 11.2 Å². The number of aromatic nitrogens is 2. The van der Waals surface area contributed by atoms with Crippen LogP contribution in [0, 0.1) is 16.0 Å². The van der Waals surface area contributed by atoms with E-state index >= 15 is 0 Å². The van der Waals surface area contributed by atoms with Crippen LogP contribution in [-0.2, 0) is 5.54 Å². The number of nitro groups is 1. The number of hydrogen-bond donors (Lipinski definition) is 0. The van der Waals surface area contributed by atoms with Crippen LogP contribution in [-0.4, -0.2) is 14.7 Å². The third-order valence-electron chi connectivity index (χ3n) is 3.27. The van der Waals surface area contributed by atoms with E-state index in [2.05, 4.69) is 5.10 Å². The lowest BCUT2D eigenvalue weighted by Gasteiger charge is -2.61. The van der Waals surface area contributed by atoms with E-state index < -0.39 is 4.92 Å². The molecule has 2 bridgehead atoms. The van der Waals surface area contributed by atoms with E-state index in [4.69, 9.17) is 0 Å². The van der Waals surface area contributed by atoms with Crippen molar-refractivity contribution in [2.45, 2.75) is 24.8 Å². The van der Waals surface area contributed by atoms with Crippen molar-refractivity contribution in [3.05, 3.63) is 22.5 Å². The molecule has 0 amide bonds. The monoisotopic (exact) mass is 179 g/mol. The van der Waals surface area contributed by atoms with E-state index in [0.717, 1.165) is 25.2 Å². The Hall–Kier alpha value is -1.39. The zero-order valence-electron chi connectivity index (χ0n) is 7.01. The fraction of sp³-hybridized carbons (Fsp3) is 0.625. The molecular formula is C8H9N3O2. The molecule has 5 heteroatoms. The SMILES string of the molecule is O=[N+]([O-])c1cnn(C23CC(C2)C3)c1. The molecule has 3 aliphatic rings. The minimum atomic E-state index is -0.394. The largest absolute Gasteiger partial charge is 0.307 e. The van der Waals surface area contributed by atoms with Crippen LogP contribution < -0.4 is 0 Å². The normalized spacial score (nSPS) is 34.9. The second kappa shape index (κ2) is 1.92. The highest BCUT2D eigenvalue weighted by atomic mass is 16.6. The first kappa shape index (κ1) is 7.06. The minimum absolute atomic E-state index is 0.102. The fourth-order valence-corrected chi connectivity index (χ4v) is 2.38. The zero-order chi connectivity index (χ0) is 9.05. The maximum absolute atomic E-state index is 10.4. The lowest BCUT2D eigenvalue weighted by atomic mass is 9.50. The molecule has 1 aromatic rings. The number of hydrogen-bond acceptors (Lipinski definition) is 3. The summed E-state index contributed by atoms with van der Waals surface area (Å²) in [5.74, 6) is 0.864. The summed E-state index contributed by atoms with van der Waals surface area (Å²) in [6, 6.07) is 0. The summed E-state index contributed by atoms with van der Waals surface area (Å²) < 4.78 is 1.78. The van der Waals surface area contributed by atoms with E-state index in [0.29, 0.717) is 0 Å². The highest BCUT2D eigenvalue weighted by Crippen LogP contribution is 2.62. The van der Waals surface area contributed by atoms with E-state index in [1.165, 1.54) is 6.20 Å². The molecule has 3 fully saturated rings. The first-order valence-corrected chi connectivity index (χ1v) is 4.39. The van der Waals surface area contributed by atoms with Gasteiger partial charge in [0.2, 0.25) is 0 Å². The summed E-state index contributed by atoms with van der Waals surface area (Å²) in [5, 5.41) is 14.5. The van der Waals surface area contributed by atoms with Gasteiger partial charge in [-0.1, -0.05) is 0 Å². The van der Waals surface area contributed by atoms with Crippen LogP contribution in [0.15, 0.2) is 12.4 Å². The minimum Gasteiger partial charge on any atom is -0.259 e. The van der Waals surface area contributed by atoms with Crippen molar-refractivity contribution in [3.63, 3.8) is 0 Å². The molecule has 3 saturated carbocycles. The molecule has 0 atom stereocenters. The number of nitrogens with zero attached hydrogens (tertiary/aromatic N) is 3. The van der Waals surface area contributed by atoms with Gasteiger partial charge in [0, 0.05) is 0 Å². The maximum atomic E-state index is 10.4. The second-order valence-corrected chi connectivity index (χ2v) is 4.10. The summed E-state index contributed by atoms with van der Waals surface area (Å²) in [4.78, 5) is 10.0. The highest BCUT2D eigenvalue weighted by Gasteiger charge is 2.58. The summed E-state index contributed by atoms with van der Waals surface area (Å²) >= 11 is 0. The van der Waals surface area contributed by atoms with Gasteiger partial charge in [-0.3, -0.25) is 14.8 Å². The third kappa shape index (κ3) is 0.740. The first-order valence-electron chi connectivity index (χ1n) is 4.39. The lowest BCUT2D eigenvalue weighted by Crippen LogP contribution is -2.59. The van der Waals surface area contributed by atoms with Gasteiger partial charge in [0.05, 0.1) is 10.5 Å². The molecular weight excluding hydrogens is 170 g/mol. The molecule has 13 heavy (non-hydrogen) atoms. The average molecular weight is 179 g/mol. The molecule has 0 spiro atoms. The van der Waals surface area contributed by atoms with Gasteiger partial charge in [-0.25, -0.2) is 0 Å². The standard InChI is InChI=1S/C8H9N3O2/c12-11(13)7-4-9-10(5-7)8-1-6(2-8)3-8/h4-6H,1-3H2. The predicted molar refractivity (Wildman–Crippen MR) is 44.2 cm³/mol. The summed E-state index contributed by atoms with van der Waals surface area (Å²) in [6.45, 7) is 0. The molecule has 0 radical (unpaired) electrons. The molecule has 0 saturated heterocycles. The van der Waals surface area contributed by atoms with Crippen molar-refractivity contribution in [2.24, 2.45) is 5.92 Å². The fourth-order valence-electron chi connectivity index (χ4n) is 2.38. The number of rotatable bonds is 2. The van der Waals surface area contributed by atoms with Gasteiger partial charge in [0.15, 0.2) is 0 Å². The van der Waals surface area contributed by atoms with E-state index in [1.54, 1.807) is 10.9 Å². The molecule has 68 valence electrons. The predicted octanol–water partition coefficient (Wildman–Crippen LogP) is 1.30. The van der Waals surface area contributed by atoms with Gasteiger partial charge in [-0.15, -0.1) is 0 Å². The van der Waals surface area contributed by atoms with Crippen LogP contribution in [0.2, 0.25) is 0 Å². The summed E-state index contributed by atoms with van der Waals surface area (Å²) in [6.07, 6.45) is 6.36. The Labute approximate surface area is 74.5 Å². The van der Waals surface area contributed by atoms with Crippen molar-refractivity contribution in [2.75, 3.05) is 0 Å². The third-order valence-corrected chi connectivity index (χ3v) is 3.27. The second-order valence-electron chi connectivity index (χ2n) is 4.10. The molecule has 0 unspecified atom stereocenters. The molecule has 3 aliphatic carbocycles. The molecule has 4 rings (SSSR count). The topological polar surface area (TPSA) is 61.0 Å². The van der Waals surface area contributed by atoms with Crippen molar-refractivity contribution in [3.8, 4) is 0 Å². The van der Waals surface area contributed by atoms with Gasteiger partial charge in [-0.2, -0.15) is 5.10 Å². The van der Waals surface area contributed by atoms with Crippen LogP contribution in [0.25, 0.3) is 0 Å². The Bertz CT molecular complexity index is 367. The zero-order valence-corrected chi connectivity index (χ0v) is 7.01. The van der Waals surface area contributed by atoms with Crippen LogP contribution in [0.1, 0.15) is 19.3 Å². The average Bonchev–Trinajstić information content (AvgIpc) is 2.28. The first-order chi connectivity index (χ1) is 6.20. The van der Waals surface area contributed by atoms with Crippen molar-refractivity contribution in [1.82, 2.24) is 9.78 Å². The van der Waals surface area contributed by atoms with Gasteiger partial charge in [0.1, 0.15) is 12.4 Å². The lowest BCUT2D eigenvalue weighted by molar-refractivity contribution is -0.385. The van der Waals surface area contributed by atoms with E-state index in [9.17, 15) is 10.1 Å². The van der Waals surface area contributed by atoms with Crippen LogP contribution in [0.5, 0.6) is 0 Å². The Morgan fingerprint density at radius 2 is 2.31 bits per heavy atom. The molecule has 0 aliphatic heterocycles. The van der Waals surface area contributed by atoms with Crippen molar-refractivity contribution in [1.29, 1.82) is 0 Å². The van der Waals surface area contributed by atoms with Gasteiger partial charge in [0.25, 0.3) is 0 Å². The molecule has 5 nitrogen and oxygen atoms in total. The Morgan fingerprint density at radius 1 is 1.62 bits per heavy atom. The molecule has 0 aromatic carbocycles. The van der Waals surface area contributed by atoms with Crippen LogP contribution in [0.4, 0.5) is 5.69 Å². The van der Waals surface area contributed by atoms with Gasteiger partial charge in [-0.05, 0) is 25.2 Å². The van der Waals surface area contributed by atoms with Crippen LogP contribution in [0.3, 0.4) is 0 Å². The molecule has 1 heterocycles. The summed E-state index contributed by atoms with van der Waals surface area (Å²) in [7, 11) is 0. The Morgan fingerprint density at radius 3 is 2.69 bits per heavy atom. The highest BCUT2D eigenvalue weighted by molar-refractivity contribution is 5.24. The van der Waals surface area contributed by atoms with Gasteiger partial charge < -0.3 is 0 Å². The smallest absolute Gasteiger partial charge is 0.259 e. The maximum Gasteiger partial charge on any atom is 0.307 e. The van der Waals surface area contributed by atoms with Gasteiger partial charge >= 0.3 is 5.69 Å². The quantitative estimate of drug-likeness (QED) is 0.507. The van der Waals surface area contributed by atoms with E-state index in [1.807, 2.05) is 0 Å². The Kier molecular flexibility index (Phi) is 1.04. The molecule has 1 aromatic heterocycles. The van der Waals surface area contributed by atoms with Crippen LogP contribution >= 0.6 is 0 Å². The van der Waals surface area contributed by atoms with Crippen molar-refractivity contribution < 1.29 is 4.92 Å².